The Morgan fingerprint density at radius 1 is 1.45 bits per heavy atom. The molecule has 1 unspecified atom stereocenters. The molecule has 7 nitrogen and oxygen atoms in total. The Bertz CT molecular complexity index is 368. The number of urea groups is 1. The van der Waals surface area contributed by atoms with Gasteiger partial charge in [0.1, 0.15) is 5.54 Å². The van der Waals surface area contributed by atoms with E-state index in [0.29, 0.717) is 51.7 Å². The average Bonchev–Trinajstić information content (AvgIpc) is 2.89. The van der Waals surface area contributed by atoms with E-state index in [1.54, 1.807) is 12.0 Å². The van der Waals surface area contributed by atoms with Gasteiger partial charge in [0.05, 0.1) is 6.61 Å². The summed E-state index contributed by atoms with van der Waals surface area (Å²) in [4.78, 5) is 25.4. The number of rotatable bonds is 4. The number of carboxylic acid groups (broad SMARTS) is 1. The van der Waals surface area contributed by atoms with E-state index in [0.717, 1.165) is 6.42 Å². The third-order valence-electron chi connectivity index (χ3n) is 4.08. The van der Waals surface area contributed by atoms with Gasteiger partial charge in [-0.1, -0.05) is 0 Å². The molecule has 20 heavy (non-hydrogen) atoms. The van der Waals surface area contributed by atoms with Crippen molar-refractivity contribution in [2.24, 2.45) is 5.92 Å². The van der Waals surface area contributed by atoms with E-state index in [2.05, 4.69) is 5.32 Å². The normalized spacial score (nSPS) is 25.4. The van der Waals surface area contributed by atoms with Gasteiger partial charge in [-0.05, 0) is 6.42 Å². The number of ether oxygens (including phenoxy) is 2. The molecule has 0 spiro atoms. The van der Waals surface area contributed by atoms with Gasteiger partial charge in [0.2, 0.25) is 0 Å². The number of carbonyl (C=O) groups excluding carboxylic acids is 1. The molecule has 7 heteroatoms. The largest absolute Gasteiger partial charge is 0.480 e. The first-order chi connectivity index (χ1) is 9.57. The zero-order chi connectivity index (χ0) is 14.6. The van der Waals surface area contributed by atoms with E-state index in [9.17, 15) is 14.7 Å². The number of aliphatic carboxylic acids is 1. The van der Waals surface area contributed by atoms with E-state index in [4.69, 9.17) is 9.47 Å². The van der Waals surface area contributed by atoms with E-state index < -0.39 is 11.5 Å². The third-order valence-corrected chi connectivity index (χ3v) is 4.08. The summed E-state index contributed by atoms with van der Waals surface area (Å²) in [7, 11) is 1.64. The first-order valence-electron chi connectivity index (χ1n) is 6.94. The number of methoxy groups -OCH3 is 1. The third kappa shape index (κ3) is 3.21. The fraction of sp³-hybridized carbons (Fsp3) is 0.846. The van der Waals surface area contributed by atoms with Gasteiger partial charge in [0, 0.05) is 52.2 Å². The van der Waals surface area contributed by atoms with Crippen molar-refractivity contribution < 1.29 is 24.2 Å². The minimum atomic E-state index is -1.19. The quantitative estimate of drug-likeness (QED) is 0.776. The summed E-state index contributed by atoms with van der Waals surface area (Å²) < 4.78 is 10.3. The van der Waals surface area contributed by atoms with Crippen molar-refractivity contribution >= 4 is 12.0 Å². The van der Waals surface area contributed by atoms with Crippen LogP contribution in [0.2, 0.25) is 0 Å². The molecule has 2 aliphatic rings. The van der Waals surface area contributed by atoms with E-state index in [1.165, 1.54) is 0 Å². The smallest absolute Gasteiger partial charge is 0.329 e. The summed E-state index contributed by atoms with van der Waals surface area (Å²) in [6, 6.07) is -0.298. The van der Waals surface area contributed by atoms with Crippen LogP contribution in [0.25, 0.3) is 0 Å². The van der Waals surface area contributed by atoms with Crippen LogP contribution >= 0.6 is 0 Å². The first kappa shape index (κ1) is 15.1. The zero-order valence-corrected chi connectivity index (χ0v) is 11.8. The number of carbonyl (C=O) groups is 2. The highest BCUT2D eigenvalue weighted by atomic mass is 16.5. The highest BCUT2D eigenvalue weighted by Gasteiger charge is 2.43. The fourth-order valence-electron chi connectivity index (χ4n) is 2.78. The van der Waals surface area contributed by atoms with Gasteiger partial charge < -0.3 is 24.8 Å². The fourth-order valence-corrected chi connectivity index (χ4v) is 2.78. The minimum absolute atomic E-state index is 0.298. The molecule has 2 fully saturated rings. The maximum atomic E-state index is 12.2. The second-order valence-corrected chi connectivity index (χ2v) is 5.49. The van der Waals surface area contributed by atoms with Gasteiger partial charge in [-0.2, -0.15) is 0 Å². The maximum Gasteiger partial charge on any atom is 0.329 e. The number of carboxylic acids is 1. The molecule has 2 rings (SSSR count). The molecule has 0 radical (unpaired) electrons. The summed E-state index contributed by atoms with van der Waals surface area (Å²) in [6.45, 7) is 2.61. The molecule has 1 atom stereocenters. The molecule has 0 aromatic heterocycles. The number of hydrogen-bond donors (Lipinski definition) is 2. The van der Waals surface area contributed by atoms with Crippen LogP contribution in [-0.4, -0.2) is 67.6 Å². The first-order valence-corrected chi connectivity index (χ1v) is 6.94. The molecule has 2 saturated heterocycles. The Kier molecular flexibility index (Phi) is 4.82. The molecular weight excluding hydrogens is 264 g/mol. The molecule has 114 valence electrons. The zero-order valence-electron chi connectivity index (χ0n) is 11.8. The summed E-state index contributed by atoms with van der Waals surface area (Å²) in [5, 5.41) is 12.1. The summed E-state index contributed by atoms with van der Waals surface area (Å²) >= 11 is 0. The molecule has 0 aromatic carbocycles. The van der Waals surface area contributed by atoms with Crippen LogP contribution < -0.4 is 5.32 Å². The van der Waals surface area contributed by atoms with Gasteiger partial charge in [-0.3, -0.25) is 0 Å². The lowest BCUT2D eigenvalue weighted by molar-refractivity contribution is -0.148. The second kappa shape index (κ2) is 6.41. The minimum Gasteiger partial charge on any atom is -0.480 e. The van der Waals surface area contributed by atoms with Gasteiger partial charge in [0.25, 0.3) is 0 Å². The van der Waals surface area contributed by atoms with Crippen LogP contribution in [0.1, 0.15) is 19.3 Å². The Morgan fingerprint density at radius 3 is 2.75 bits per heavy atom. The van der Waals surface area contributed by atoms with Crippen LogP contribution in [0.15, 0.2) is 0 Å². The molecule has 2 heterocycles. The van der Waals surface area contributed by atoms with Gasteiger partial charge in [-0.25, -0.2) is 9.59 Å². The second-order valence-electron chi connectivity index (χ2n) is 5.49. The van der Waals surface area contributed by atoms with Crippen LogP contribution in [-0.2, 0) is 14.3 Å². The maximum absolute atomic E-state index is 12.2. The summed E-state index contributed by atoms with van der Waals surface area (Å²) in [5.41, 5.74) is -1.19. The Hall–Kier alpha value is -1.34. The average molecular weight is 286 g/mol. The number of amides is 2. The Balaban J connectivity index is 1.94. The standard InChI is InChI=1S/C13H22N2O5/c1-19-9-10-2-5-15(8-10)12(18)14-13(11(16)17)3-6-20-7-4-13/h10H,2-9H2,1H3,(H,14,18)(H,16,17). The lowest BCUT2D eigenvalue weighted by Gasteiger charge is -2.35. The van der Waals surface area contributed by atoms with Crippen molar-refractivity contribution in [1.82, 2.24) is 10.2 Å². The number of likely N-dealkylation sites (tertiary alicyclic amines) is 1. The van der Waals surface area contributed by atoms with Crippen LogP contribution in [0.4, 0.5) is 4.79 Å². The van der Waals surface area contributed by atoms with Gasteiger partial charge in [0.15, 0.2) is 0 Å². The van der Waals surface area contributed by atoms with Crippen molar-refractivity contribution in [2.45, 2.75) is 24.8 Å². The monoisotopic (exact) mass is 286 g/mol. The summed E-state index contributed by atoms with van der Waals surface area (Å²) in [6.07, 6.45) is 1.51. The number of nitrogens with zero attached hydrogens (tertiary/aromatic N) is 1. The lowest BCUT2D eigenvalue weighted by atomic mass is 9.90. The number of nitrogens with one attached hydrogen (secondary N) is 1. The van der Waals surface area contributed by atoms with Crippen molar-refractivity contribution in [3.63, 3.8) is 0 Å². The molecule has 0 aromatic rings. The predicted octanol–water partition coefficient (Wildman–Crippen LogP) is 0.298. The van der Waals surface area contributed by atoms with Crippen molar-refractivity contribution in [3.8, 4) is 0 Å². The number of hydrogen-bond acceptors (Lipinski definition) is 4. The molecule has 2 amide bonds. The van der Waals surface area contributed by atoms with E-state index >= 15 is 0 Å². The molecular formula is C13H22N2O5. The summed E-state index contributed by atoms with van der Waals surface area (Å²) in [5.74, 6) is -0.650. The SMILES string of the molecule is COCC1CCN(C(=O)NC2(C(=O)O)CCOCC2)C1. The van der Waals surface area contributed by atoms with Crippen LogP contribution in [0.3, 0.4) is 0 Å². The van der Waals surface area contributed by atoms with Crippen molar-refractivity contribution in [3.05, 3.63) is 0 Å². The molecule has 2 aliphatic heterocycles. The molecule has 0 bridgehead atoms. The molecule has 2 N–H and O–H groups in total. The van der Waals surface area contributed by atoms with Crippen LogP contribution in [0, 0.1) is 5.92 Å². The highest BCUT2D eigenvalue weighted by Crippen LogP contribution is 2.23. The molecule has 0 aliphatic carbocycles. The highest BCUT2D eigenvalue weighted by molar-refractivity contribution is 5.86. The van der Waals surface area contributed by atoms with E-state index in [1.807, 2.05) is 0 Å². The lowest BCUT2D eigenvalue weighted by Crippen LogP contribution is -2.60. The Labute approximate surface area is 118 Å². The molecule has 0 saturated carbocycles. The van der Waals surface area contributed by atoms with Gasteiger partial charge >= 0.3 is 12.0 Å². The van der Waals surface area contributed by atoms with Crippen molar-refractivity contribution in [2.75, 3.05) is 40.0 Å². The van der Waals surface area contributed by atoms with Gasteiger partial charge in [-0.15, -0.1) is 0 Å². The van der Waals surface area contributed by atoms with E-state index in [-0.39, 0.29) is 6.03 Å². The predicted molar refractivity (Wildman–Crippen MR) is 70.5 cm³/mol. The van der Waals surface area contributed by atoms with Crippen LogP contribution in [0.5, 0.6) is 0 Å². The van der Waals surface area contributed by atoms with Crippen molar-refractivity contribution in [1.29, 1.82) is 0 Å². The topological polar surface area (TPSA) is 88.1 Å². The Morgan fingerprint density at radius 2 is 2.15 bits per heavy atom.